The molecular formula is C43H74O6. The number of carbonyl (C=O) groups is 2. The van der Waals surface area contributed by atoms with E-state index in [2.05, 4.69) is 44.2 Å². The first-order valence-electron chi connectivity index (χ1n) is 19.8. The summed E-state index contributed by atoms with van der Waals surface area (Å²) < 4.78 is 10.5. The maximum absolute atomic E-state index is 12.1. The number of esters is 2. The van der Waals surface area contributed by atoms with E-state index in [1.54, 1.807) is 0 Å². The van der Waals surface area contributed by atoms with Crippen LogP contribution in [-0.4, -0.2) is 47.6 Å². The van der Waals surface area contributed by atoms with Gasteiger partial charge in [-0.05, 0) is 50.9 Å². The fourth-order valence-electron chi connectivity index (χ4n) is 5.32. The van der Waals surface area contributed by atoms with E-state index in [4.69, 9.17) is 9.47 Å². The molecule has 0 aromatic heterocycles. The molecule has 0 aliphatic rings. The van der Waals surface area contributed by atoms with Gasteiger partial charge in [-0.3, -0.25) is 9.59 Å². The van der Waals surface area contributed by atoms with Crippen LogP contribution in [0.2, 0.25) is 0 Å². The molecule has 0 bridgehead atoms. The highest BCUT2D eigenvalue weighted by Gasteiger charge is 2.16. The molecule has 0 spiro atoms. The molecule has 282 valence electrons. The van der Waals surface area contributed by atoms with Gasteiger partial charge in [0.2, 0.25) is 0 Å². The van der Waals surface area contributed by atoms with E-state index in [1.807, 2.05) is 37.3 Å². The Balaban J connectivity index is 3.69. The Labute approximate surface area is 301 Å². The molecule has 6 heteroatoms. The first-order chi connectivity index (χ1) is 23.9. The van der Waals surface area contributed by atoms with Crippen molar-refractivity contribution in [2.75, 3.05) is 13.2 Å². The third-order valence-electron chi connectivity index (χ3n) is 8.33. The van der Waals surface area contributed by atoms with Gasteiger partial charge in [0.15, 0.2) is 6.10 Å². The van der Waals surface area contributed by atoms with E-state index >= 15 is 0 Å². The van der Waals surface area contributed by atoms with Crippen molar-refractivity contribution in [3.8, 4) is 0 Å². The quantitative estimate of drug-likeness (QED) is 0.0303. The average molecular weight is 687 g/mol. The van der Waals surface area contributed by atoms with Crippen molar-refractivity contribution in [3.63, 3.8) is 0 Å². The van der Waals surface area contributed by atoms with Gasteiger partial charge in [0.05, 0.1) is 12.7 Å². The van der Waals surface area contributed by atoms with Crippen molar-refractivity contribution in [3.05, 3.63) is 60.8 Å². The lowest BCUT2D eigenvalue weighted by atomic mass is 10.0. The van der Waals surface area contributed by atoms with Crippen molar-refractivity contribution in [2.45, 2.75) is 181 Å². The minimum atomic E-state index is -0.814. The maximum Gasteiger partial charge on any atom is 0.306 e. The van der Waals surface area contributed by atoms with Crippen molar-refractivity contribution in [1.82, 2.24) is 0 Å². The molecule has 2 N–H and O–H groups in total. The summed E-state index contributed by atoms with van der Waals surface area (Å²) in [6.45, 7) is 6.20. The molecule has 0 aromatic carbocycles. The van der Waals surface area contributed by atoms with Gasteiger partial charge >= 0.3 is 11.9 Å². The molecule has 0 radical (unpaired) electrons. The van der Waals surface area contributed by atoms with Gasteiger partial charge in [-0.2, -0.15) is 0 Å². The molecule has 0 aliphatic heterocycles. The van der Waals surface area contributed by atoms with Crippen LogP contribution in [0.3, 0.4) is 0 Å². The van der Waals surface area contributed by atoms with Gasteiger partial charge in [-0.1, -0.05) is 171 Å². The summed E-state index contributed by atoms with van der Waals surface area (Å²) in [5, 5.41) is 19.3. The average Bonchev–Trinajstić information content (AvgIpc) is 3.08. The Hall–Kier alpha value is -2.44. The van der Waals surface area contributed by atoms with Gasteiger partial charge in [-0.15, -0.1) is 0 Å². The molecule has 1 unspecified atom stereocenters. The molecule has 0 amide bonds. The van der Waals surface area contributed by atoms with Crippen molar-refractivity contribution < 1.29 is 29.3 Å². The predicted octanol–water partition coefficient (Wildman–Crippen LogP) is 11.2. The molecule has 6 nitrogen and oxygen atoms in total. The van der Waals surface area contributed by atoms with Gasteiger partial charge in [0.1, 0.15) is 6.61 Å². The highest BCUT2D eigenvalue weighted by molar-refractivity contribution is 5.70. The molecule has 2 atom stereocenters. The number of carbonyl (C=O) groups excluding carboxylic acids is 2. The Bertz CT molecular complexity index is 900. The summed E-state index contributed by atoms with van der Waals surface area (Å²) in [5.74, 6) is 0.160. The number of hydrogen-bond acceptors (Lipinski definition) is 6. The van der Waals surface area contributed by atoms with E-state index in [-0.39, 0.29) is 31.6 Å². The lowest BCUT2D eigenvalue weighted by molar-refractivity contribution is -0.161. The Morgan fingerprint density at radius 2 is 1.16 bits per heavy atom. The van der Waals surface area contributed by atoms with Crippen LogP contribution in [0.4, 0.5) is 0 Å². The zero-order chi connectivity index (χ0) is 36.0. The maximum atomic E-state index is 12.1. The highest BCUT2D eigenvalue weighted by Crippen LogP contribution is 2.15. The van der Waals surface area contributed by atoms with Crippen molar-refractivity contribution >= 4 is 11.9 Å². The lowest BCUT2D eigenvalue weighted by Gasteiger charge is -2.15. The van der Waals surface area contributed by atoms with Crippen LogP contribution >= 0.6 is 0 Å². The molecule has 0 fully saturated rings. The highest BCUT2D eigenvalue weighted by atomic mass is 16.6. The number of unbranched alkanes of at least 4 members (excludes halogenated alkanes) is 14. The number of rotatable bonds is 34. The second-order valence-corrected chi connectivity index (χ2v) is 13.7. The topological polar surface area (TPSA) is 93.1 Å². The monoisotopic (exact) mass is 687 g/mol. The zero-order valence-electron chi connectivity index (χ0n) is 31.7. The summed E-state index contributed by atoms with van der Waals surface area (Å²) >= 11 is 0. The smallest absolute Gasteiger partial charge is 0.306 e. The van der Waals surface area contributed by atoms with Crippen LogP contribution in [0.15, 0.2) is 60.8 Å². The first-order valence-corrected chi connectivity index (χ1v) is 19.8. The molecule has 0 rings (SSSR count). The molecule has 0 saturated carbocycles. The standard InChI is InChI=1S/C43H74O6/c1-4-5-33-40(45)34-29-25-21-17-13-10-11-15-19-23-27-31-36-43(47)49-41(37-44)38-48-42(46)35-30-26-22-18-14-9-7-6-8-12-16-20-24-28-32-39(2)3/h5,10-11,17,19,21,23,25,29,33,39-41,44-45H,4,6-9,12-16,18,20,22,24,26-28,30-32,34-38H2,1-3H3/b11-10-,21-17-,23-19-,29-25+,33-5-/t40?,41-/m0/s1. The molecule has 0 heterocycles. The number of aliphatic hydroxyl groups is 2. The summed E-state index contributed by atoms with van der Waals surface area (Å²) in [7, 11) is 0. The Morgan fingerprint density at radius 1 is 0.633 bits per heavy atom. The van der Waals surface area contributed by atoms with Gasteiger partial charge in [-0.25, -0.2) is 0 Å². The van der Waals surface area contributed by atoms with Crippen LogP contribution in [0.25, 0.3) is 0 Å². The molecule has 49 heavy (non-hydrogen) atoms. The lowest BCUT2D eigenvalue weighted by Crippen LogP contribution is -2.28. The fraction of sp³-hybridized carbons (Fsp3) is 0.721. The largest absolute Gasteiger partial charge is 0.462 e. The van der Waals surface area contributed by atoms with Crippen LogP contribution in [0.5, 0.6) is 0 Å². The van der Waals surface area contributed by atoms with Gasteiger partial charge in [0.25, 0.3) is 0 Å². The Kier molecular flexibility index (Phi) is 35.0. The normalized spacial score (nSPS) is 13.6. The third kappa shape index (κ3) is 36.7. The van der Waals surface area contributed by atoms with E-state index in [1.165, 1.54) is 77.0 Å². The number of aliphatic hydroxyl groups excluding tert-OH is 2. The van der Waals surface area contributed by atoms with Crippen molar-refractivity contribution in [2.24, 2.45) is 5.92 Å². The van der Waals surface area contributed by atoms with Crippen LogP contribution in [-0.2, 0) is 19.1 Å². The number of ether oxygens (including phenoxy) is 2. The van der Waals surface area contributed by atoms with E-state index in [9.17, 15) is 19.8 Å². The summed E-state index contributed by atoms with van der Waals surface area (Å²) in [6, 6.07) is 0. The number of hydrogen-bond donors (Lipinski definition) is 2. The minimum absolute atomic E-state index is 0.101. The molecular weight excluding hydrogens is 612 g/mol. The Morgan fingerprint density at radius 3 is 1.76 bits per heavy atom. The molecule has 0 aromatic rings. The van der Waals surface area contributed by atoms with E-state index in [0.717, 1.165) is 50.9 Å². The van der Waals surface area contributed by atoms with Crippen molar-refractivity contribution in [1.29, 1.82) is 0 Å². The fourth-order valence-corrected chi connectivity index (χ4v) is 5.32. The SMILES string of the molecule is CC/C=C\C(O)C/C=C/C=C\C/C=C\C/C=C\CCCC(=O)O[C@@H](CO)COC(=O)CCCCCCCCCCCCCCCCC(C)C. The van der Waals surface area contributed by atoms with Gasteiger partial charge in [0, 0.05) is 12.8 Å². The molecule has 0 aliphatic carbocycles. The second-order valence-electron chi connectivity index (χ2n) is 13.7. The van der Waals surface area contributed by atoms with Crippen LogP contribution in [0, 0.1) is 5.92 Å². The van der Waals surface area contributed by atoms with E-state index in [0.29, 0.717) is 19.3 Å². The van der Waals surface area contributed by atoms with Gasteiger partial charge < -0.3 is 19.7 Å². The predicted molar refractivity (Wildman–Crippen MR) is 206 cm³/mol. The summed E-state index contributed by atoms with van der Waals surface area (Å²) in [4.78, 5) is 24.2. The number of allylic oxidation sites excluding steroid dienone is 8. The first kappa shape index (κ1) is 46.6. The third-order valence-corrected chi connectivity index (χ3v) is 8.33. The second kappa shape index (κ2) is 36.8. The minimum Gasteiger partial charge on any atom is -0.462 e. The summed E-state index contributed by atoms with van der Waals surface area (Å²) in [6.07, 6.45) is 43.4. The summed E-state index contributed by atoms with van der Waals surface area (Å²) in [5.41, 5.74) is 0. The van der Waals surface area contributed by atoms with Crippen LogP contribution < -0.4 is 0 Å². The van der Waals surface area contributed by atoms with E-state index < -0.39 is 12.2 Å². The van der Waals surface area contributed by atoms with Crippen LogP contribution in [0.1, 0.15) is 168 Å². The zero-order valence-corrected chi connectivity index (χ0v) is 31.7. The molecule has 0 saturated heterocycles.